The van der Waals surface area contributed by atoms with Crippen molar-refractivity contribution in [2.75, 3.05) is 12.8 Å². The molecule has 0 aliphatic rings. The Balaban J connectivity index is 2.19. The minimum Gasteiger partial charge on any atom is -0.313 e. The lowest BCUT2D eigenvalue weighted by atomic mass is 10.1. The first kappa shape index (κ1) is 12.1. The Hall–Kier alpha value is 0.01000. The van der Waals surface area contributed by atoms with Gasteiger partial charge in [-0.1, -0.05) is 6.92 Å². The summed E-state index contributed by atoms with van der Waals surface area (Å²) in [6, 6.07) is 2.79. The van der Waals surface area contributed by atoms with Gasteiger partial charge in [-0.15, -0.1) is 0 Å². The molecule has 0 saturated heterocycles. The molecule has 0 aliphatic carbocycles. The van der Waals surface area contributed by atoms with Gasteiger partial charge in [0, 0.05) is 17.8 Å². The van der Waals surface area contributed by atoms with Crippen molar-refractivity contribution in [3.8, 4) is 0 Å². The van der Waals surface area contributed by atoms with Crippen molar-refractivity contribution < 1.29 is 0 Å². The molecule has 0 aromatic carbocycles. The van der Waals surface area contributed by atoms with Crippen LogP contribution in [0.4, 0.5) is 0 Å². The smallest absolute Gasteiger partial charge is 0.0141 e. The quantitative estimate of drug-likeness (QED) is 0.805. The van der Waals surface area contributed by atoms with E-state index in [2.05, 4.69) is 42.2 Å². The van der Waals surface area contributed by atoms with E-state index in [1.807, 2.05) is 11.8 Å². The van der Waals surface area contributed by atoms with Gasteiger partial charge in [-0.2, -0.15) is 23.1 Å². The van der Waals surface area contributed by atoms with E-state index in [0.29, 0.717) is 11.3 Å². The van der Waals surface area contributed by atoms with Gasteiger partial charge in [-0.05, 0) is 42.0 Å². The molecule has 0 radical (unpaired) electrons. The standard InChI is InChI=1S/C11H19NS2/c1-9(12-7-10(2)13-3)6-11-4-5-14-8-11/h4-5,8-10,12H,6-7H2,1-3H3. The first-order valence-corrected chi connectivity index (χ1v) is 7.22. The van der Waals surface area contributed by atoms with E-state index in [-0.39, 0.29) is 0 Å². The van der Waals surface area contributed by atoms with Gasteiger partial charge < -0.3 is 5.32 Å². The summed E-state index contributed by atoms with van der Waals surface area (Å²) in [5.41, 5.74) is 1.45. The van der Waals surface area contributed by atoms with Crippen LogP contribution >= 0.6 is 23.1 Å². The van der Waals surface area contributed by atoms with Gasteiger partial charge >= 0.3 is 0 Å². The summed E-state index contributed by atoms with van der Waals surface area (Å²) < 4.78 is 0. The zero-order valence-corrected chi connectivity index (χ0v) is 10.8. The molecule has 14 heavy (non-hydrogen) atoms. The van der Waals surface area contributed by atoms with Crippen molar-refractivity contribution in [2.24, 2.45) is 0 Å². The summed E-state index contributed by atoms with van der Waals surface area (Å²) in [5, 5.41) is 8.64. The number of thiophene rings is 1. The van der Waals surface area contributed by atoms with E-state index in [9.17, 15) is 0 Å². The zero-order valence-electron chi connectivity index (χ0n) is 9.12. The van der Waals surface area contributed by atoms with Crippen LogP contribution in [0.3, 0.4) is 0 Å². The average molecular weight is 229 g/mol. The van der Waals surface area contributed by atoms with E-state index >= 15 is 0 Å². The molecule has 2 unspecified atom stereocenters. The molecule has 2 atom stereocenters. The Morgan fingerprint density at radius 3 is 2.86 bits per heavy atom. The SMILES string of the molecule is CSC(C)CNC(C)Cc1ccsc1. The normalized spacial score (nSPS) is 15.4. The highest BCUT2D eigenvalue weighted by Crippen LogP contribution is 2.09. The van der Waals surface area contributed by atoms with Crippen molar-refractivity contribution in [1.29, 1.82) is 0 Å². The minimum absolute atomic E-state index is 0.583. The third-order valence-corrected chi connectivity index (χ3v) is 3.98. The van der Waals surface area contributed by atoms with Crippen LogP contribution in [0.1, 0.15) is 19.4 Å². The third-order valence-electron chi connectivity index (χ3n) is 2.28. The highest BCUT2D eigenvalue weighted by atomic mass is 32.2. The Bertz CT molecular complexity index is 233. The van der Waals surface area contributed by atoms with Gasteiger partial charge in [0.05, 0.1) is 0 Å². The maximum atomic E-state index is 3.56. The van der Waals surface area contributed by atoms with Crippen molar-refractivity contribution in [3.63, 3.8) is 0 Å². The second kappa shape index (κ2) is 6.49. The van der Waals surface area contributed by atoms with Crippen molar-refractivity contribution >= 4 is 23.1 Å². The van der Waals surface area contributed by atoms with Crippen molar-refractivity contribution in [3.05, 3.63) is 22.4 Å². The lowest BCUT2D eigenvalue weighted by Crippen LogP contribution is -2.32. The van der Waals surface area contributed by atoms with Crippen LogP contribution in [0, 0.1) is 0 Å². The topological polar surface area (TPSA) is 12.0 Å². The first-order valence-electron chi connectivity index (χ1n) is 4.99. The zero-order chi connectivity index (χ0) is 10.4. The molecule has 0 spiro atoms. The molecule has 0 fully saturated rings. The predicted octanol–water partition coefficient (Wildman–Crippen LogP) is 3.02. The summed E-state index contributed by atoms with van der Waals surface area (Å²) in [6.45, 7) is 5.62. The van der Waals surface area contributed by atoms with E-state index in [1.54, 1.807) is 11.3 Å². The van der Waals surface area contributed by atoms with Crippen LogP contribution in [-0.4, -0.2) is 24.1 Å². The van der Waals surface area contributed by atoms with Crippen LogP contribution in [0.25, 0.3) is 0 Å². The van der Waals surface area contributed by atoms with Crippen LogP contribution < -0.4 is 5.32 Å². The van der Waals surface area contributed by atoms with Gasteiger partial charge in [0.25, 0.3) is 0 Å². The summed E-state index contributed by atoms with van der Waals surface area (Å²) >= 11 is 3.69. The lowest BCUT2D eigenvalue weighted by Gasteiger charge is -2.15. The van der Waals surface area contributed by atoms with E-state index in [4.69, 9.17) is 0 Å². The molecule has 0 saturated carbocycles. The summed E-state index contributed by atoms with van der Waals surface area (Å²) in [4.78, 5) is 0. The van der Waals surface area contributed by atoms with Crippen LogP contribution in [0.15, 0.2) is 16.8 Å². The van der Waals surface area contributed by atoms with Gasteiger partial charge in [0.2, 0.25) is 0 Å². The fourth-order valence-corrected chi connectivity index (χ4v) is 2.23. The maximum Gasteiger partial charge on any atom is 0.0141 e. The maximum absolute atomic E-state index is 3.56. The Kier molecular flexibility index (Phi) is 5.60. The molecule has 0 bridgehead atoms. The molecule has 1 N–H and O–H groups in total. The van der Waals surface area contributed by atoms with Crippen LogP contribution in [0.2, 0.25) is 0 Å². The van der Waals surface area contributed by atoms with Gasteiger partial charge in [0.1, 0.15) is 0 Å². The minimum atomic E-state index is 0.583. The molecule has 0 aliphatic heterocycles. The van der Waals surface area contributed by atoms with Crippen molar-refractivity contribution in [2.45, 2.75) is 31.6 Å². The third kappa shape index (κ3) is 4.49. The highest BCUT2D eigenvalue weighted by Gasteiger charge is 2.05. The van der Waals surface area contributed by atoms with E-state index in [1.165, 1.54) is 5.56 Å². The Morgan fingerprint density at radius 2 is 2.29 bits per heavy atom. The monoisotopic (exact) mass is 229 g/mol. The molecule has 1 aromatic heterocycles. The Labute approximate surface area is 95.3 Å². The molecule has 1 aromatic rings. The fourth-order valence-electron chi connectivity index (χ4n) is 1.29. The molecule has 80 valence electrons. The first-order chi connectivity index (χ1) is 6.72. The largest absolute Gasteiger partial charge is 0.313 e. The van der Waals surface area contributed by atoms with Crippen molar-refractivity contribution in [1.82, 2.24) is 5.32 Å². The van der Waals surface area contributed by atoms with Gasteiger partial charge in [-0.25, -0.2) is 0 Å². The highest BCUT2D eigenvalue weighted by molar-refractivity contribution is 7.99. The molecular weight excluding hydrogens is 210 g/mol. The van der Waals surface area contributed by atoms with E-state index in [0.717, 1.165) is 13.0 Å². The second-order valence-electron chi connectivity index (χ2n) is 3.69. The summed E-state index contributed by atoms with van der Waals surface area (Å²) in [6.07, 6.45) is 3.31. The number of thioether (sulfide) groups is 1. The number of nitrogens with one attached hydrogen (secondary N) is 1. The Morgan fingerprint density at radius 1 is 1.50 bits per heavy atom. The fraction of sp³-hybridized carbons (Fsp3) is 0.636. The summed E-state index contributed by atoms with van der Waals surface area (Å²) in [7, 11) is 0. The van der Waals surface area contributed by atoms with Gasteiger partial charge in [-0.3, -0.25) is 0 Å². The lowest BCUT2D eigenvalue weighted by molar-refractivity contribution is 0.548. The molecule has 1 heterocycles. The number of rotatable bonds is 6. The molecular formula is C11H19NS2. The number of hydrogen-bond donors (Lipinski definition) is 1. The van der Waals surface area contributed by atoms with E-state index < -0.39 is 0 Å². The molecule has 3 heteroatoms. The molecule has 0 amide bonds. The second-order valence-corrected chi connectivity index (χ2v) is 5.75. The van der Waals surface area contributed by atoms with Crippen LogP contribution in [-0.2, 0) is 6.42 Å². The number of hydrogen-bond acceptors (Lipinski definition) is 3. The van der Waals surface area contributed by atoms with Crippen LogP contribution in [0.5, 0.6) is 0 Å². The molecule has 1 rings (SSSR count). The average Bonchev–Trinajstić information content (AvgIpc) is 2.66. The predicted molar refractivity (Wildman–Crippen MR) is 68.5 cm³/mol. The van der Waals surface area contributed by atoms with Gasteiger partial charge in [0.15, 0.2) is 0 Å². The molecule has 1 nitrogen and oxygen atoms in total. The summed E-state index contributed by atoms with van der Waals surface area (Å²) in [5.74, 6) is 0.